The lowest BCUT2D eigenvalue weighted by Crippen LogP contribution is -2.22. The van der Waals surface area contributed by atoms with Crippen LogP contribution in [0.15, 0.2) is 30.4 Å². The van der Waals surface area contributed by atoms with Crippen molar-refractivity contribution in [2.24, 2.45) is 0 Å². The maximum atomic E-state index is 13.7. The van der Waals surface area contributed by atoms with Crippen molar-refractivity contribution in [3.8, 4) is 0 Å². The smallest absolute Gasteiger partial charge is 0.128 e. The first kappa shape index (κ1) is 12.9. The summed E-state index contributed by atoms with van der Waals surface area (Å²) in [6.45, 7) is 10.7. The maximum Gasteiger partial charge on any atom is 0.128 e. The van der Waals surface area contributed by atoms with Crippen molar-refractivity contribution in [2.75, 3.05) is 6.54 Å². The van der Waals surface area contributed by atoms with Crippen LogP contribution in [0.3, 0.4) is 0 Å². The normalized spacial score (nSPS) is 12.5. The Balaban J connectivity index is 2.99. The van der Waals surface area contributed by atoms with Crippen LogP contribution < -0.4 is 5.32 Å². The van der Waals surface area contributed by atoms with Gasteiger partial charge in [0.05, 0.1) is 0 Å². The molecule has 2 heteroatoms. The van der Waals surface area contributed by atoms with Crippen molar-refractivity contribution in [3.05, 3.63) is 47.3 Å². The van der Waals surface area contributed by atoms with E-state index in [2.05, 4.69) is 11.9 Å². The lowest BCUT2D eigenvalue weighted by molar-refractivity contribution is 0.508. The van der Waals surface area contributed by atoms with Gasteiger partial charge in [-0.3, -0.25) is 0 Å². The van der Waals surface area contributed by atoms with Gasteiger partial charge < -0.3 is 5.32 Å². The summed E-state index contributed by atoms with van der Waals surface area (Å²) in [5, 5.41) is 3.30. The molecular weight excluding hydrogens is 201 g/mol. The minimum absolute atomic E-state index is 0.0300. The largest absolute Gasteiger partial charge is 0.310 e. The lowest BCUT2D eigenvalue weighted by atomic mass is 9.98. The molecule has 1 rings (SSSR count). The van der Waals surface area contributed by atoms with Crippen molar-refractivity contribution in [2.45, 2.75) is 33.2 Å². The molecule has 0 aromatic heterocycles. The molecule has 1 aromatic rings. The molecule has 1 unspecified atom stereocenters. The van der Waals surface area contributed by atoms with E-state index in [9.17, 15) is 4.39 Å². The highest BCUT2D eigenvalue weighted by Gasteiger charge is 2.14. The number of nitrogens with one attached hydrogen (secondary N) is 1. The third kappa shape index (κ3) is 3.46. The molecule has 1 aromatic carbocycles. The van der Waals surface area contributed by atoms with Crippen LogP contribution in [-0.4, -0.2) is 6.54 Å². The van der Waals surface area contributed by atoms with Gasteiger partial charge in [0.25, 0.3) is 0 Å². The molecule has 0 bridgehead atoms. The van der Waals surface area contributed by atoms with E-state index in [-0.39, 0.29) is 11.9 Å². The summed E-state index contributed by atoms with van der Waals surface area (Å²) in [4.78, 5) is 0. The first-order valence-corrected chi connectivity index (χ1v) is 5.68. The molecule has 0 aliphatic carbocycles. The second-order valence-corrected chi connectivity index (χ2v) is 4.30. The van der Waals surface area contributed by atoms with Gasteiger partial charge in [0.15, 0.2) is 0 Å². The van der Waals surface area contributed by atoms with Gasteiger partial charge >= 0.3 is 0 Å². The number of rotatable bonds is 5. The molecule has 0 aliphatic heterocycles. The second-order valence-electron chi connectivity index (χ2n) is 4.30. The fourth-order valence-electron chi connectivity index (χ4n) is 1.82. The molecule has 0 amide bonds. The number of benzene rings is 1. The van der Waals surface area contributed by atoms with E-state index in [1.54, 1.807) is 6.07 Å². The molecule has 1 atom stereocenters. The molecule has 0 spiro atoms. The summed E-state index contributed by atoms with van der Waals surface area (Å²) in [7, 11) is 0. The minimum Gasteiger partial charge on any atom is -0.310 e. The summed E-state index contributed by atoms with van der Waals surface area (Å²) < 4.78 is 13.7. The summed E-state index contributed by atoms with van der Waals surface area (Å²) in [6, 6.07) is 5.27. The number of aryl methyl sites for hydroxylation is 1. The summed E-state index contributed by atoms with van der Waals surface area (Å²) >= 11 is 0. The van der Waals surface area contributed by atoms with Crippen molar-refractivity contribution in [1.29, 1.82) is 0 Å². The van der Waals surface area contributed by atoms with Gasteiger partial charge in [-0.15, -0.1) is 6.58 Å². The molecule has 0 fully saturated rings. The van der Waals surface area contributed by atoms with E-state index in [0.29, 0.717) is 0 Å². The summed E-state index contributed by atoms with van der Waals surface area (Å²) in [5.41, 5.74) is 2.89. The predicted octanol–water partition coefficient (Wildman–Crippen LogP) is 3.75. The van der Waals surface area contributed by atoms with Gasteiger partial charge in [-0.2, -0.15) is 0 Å². The third-order valence-electron chi connectivity index (χ3n) is 2.53. The van der Waals surface area contributed by atoms with Crippen molar-refractivity contribution >= 4 is 0 Å². The molecule has 16 heavy (non-hydrogen) atoms. The molecule has 0 heterocycles. The topological polar surface area (TPSA) is 12.0 Å². The second kappa shape index (κ2) is 5.80. The van der Waals surface area contributed by atoms with Crippen LogP contribution in [0.1, 0.15) is 37.4 Å². The van der Waals surface area contributed by atoms with E-state index in [1.807, 2.05) is 26.8 Å². The first-order chi connectivity index (χ1) is 7.54. The maximum absolute atomic E-state index is 13.7. The molecule has 1 N–H and O–H groups in total. The standard InChI is InChI=1S/C14H20FN/c1-5-16-14(8-10(2)3)12-9-11(4)6-7-13(12)15/h6-7,9,14,16H,2,5,8H2,1,3-4H3. The quantitative estimate of drug-likeness (QED) is 0.747. The Kier molecular flexibility index (Phi) is 4.69. The van der Waals surface area contributed by atoms with E-state index < -0.39 is 0 Å². The Morgan fingerprint density at radius 3 is 2.75 bits per heavy atom. The summed E-state index contributed by atoms with van der Waals surface area (Å²) in [6.07, 6.45) is 0.772. The lowest BCUT2D eigenvalue weighted by Gasteiger charge is -2.19. The van der Waals surface area contributed by atoms with E-state index in [0.717, 1.165) is 29.7 Å². The number of halogens is 1. The fourth-order valence-corrected chi connectivity index (χ4v) is 1.82. The van der Waals surface area contributed by atoms with Crippen LogP contribution in [0.4, 0.5) is 4.39 Å². The van der Waals surface area contributed by atoms with Crippen LogP contribution in [-0.2, 0) is 0 Å². The molecule has 0 radical (unpaired) electrons. The fraction of sp³-hybridized carbons (Fsp3) is 0.429. The van der Waals surface area contributed by atoms with Crippen molar-refractivity contribution < 1.29 is 4.39 Å². The van der Waals surface area contributed by atoms with Crippen LogP contribution in [0, 0.1) is 12.7 Å². The Labute approximate surface area is 97.4 Å². The minimum atomic E-state index is -0.141. The van der Waals surface area contributed by atoms with E-state index in [1.165, 1.54) is 6.07 Å². The number of hydrogen-bond acceptors (Lipinski definition) is 1. The van der Waals surface area contributed by atoms with Gasteiger partial charge in [0.2, 0.25) is 0 Å². The zero-order valence-corrected chi connectivity index (χ0v) is 10.3. The Bertz CT molecular complexity index is 371. The molecule has 0 saturated heterocycles. The average molecular weight is 221 g/mol. The Hall–Kier alpha value is -1.15. The van der Waals surface area contributed by atoms with Gasteiger partial charge in [0, 0.05) is 11.6 Å². The molecule has 88 valence electrons. The van der Waals surface area contributed by atoms with E-state index in [4.69, 9.17) is 0 Å². The van der Waals surface area contributed by atoms with Crippen LogP contribution in [0.25, 0.3) is 0 Å². The SMILES string of the molecule is C=C(C)CC(NCC)c1cc(C)ccc1F. The molecular formula is C14H20FN. The number of hydrogen-bond donors (Lipinski definition) is 1. The monoisotopic (exact) mass is 221 g/mol. The van der Waals surface area contributed by atoms with Crippen LogP contribution in [0.2, 0.25) is 0 Å². The third-order valence-corrected chi connectivity index (χ3v) is 2.53. The molecule has 1 nitrogen and oxygen atoms in total. The molecule has 0 saturated carbocycles. The van der Waals surface area contributed by atoms with Gasteiger partial charge in [0.1, 0.15) is 5.82 Å². The predicted molar refractivity (Wildman–Crippen MR) is 67.0 cm³/mol. The van der Waals surface area contributed by atoms with Gasteiger partial charge in [-0.25, -0.2) is 4.39 Å². The highest BCUT2D eigenvalue weighted by Crippen LogP contribution is 2.23. The van der Waals surface area contributed by atoms with Crippen molar-refractivity contribution in [1.82, 2.24) is 5.32 Å². The Morgan fingerprint density at radius 2 is 2.19 bits per heavy atom. The first-order valence-electron chi connectivity index (χ1n) is 5.68. The van der Waals surface area contributed by atoms with Crippen LogP contribution in [0.5, 0.6) is 0 Å². The van der Waals surface area contributed by atoms with Gasteiger partial charge in [-0.1, -0.05) is 30.2 Å². The Morgan fingerprint density at radius 1 is 1.50 bits per heavy atom. The summed E-state index contributed by atoms with van der Waals surface area (Å²) in [5.74, 6) is -0.141. The zero-order chi connectivity index (χ0) is 12.1. The average Bonchev–Trinajstić information content (AvgIpc) is 2.20. The van der Waals surface area contributed by atoms with E-state index >= 15 is 0 Å². The van der Waals surface area contributed by atoms with Crippen LogP contribution >= 0.6 is 0 Å². The molecule has 0 aliphatic rings. The zero-order valence-electron chi connectivity index (χ0n) is 10.3. The van der Waals surface area contributed by atoms with Crippen molar-refractivity contribution in [3.63, 3.8) is 0 Å². The van der Waals surface area contributed by atoms with Gasteiger partial charge in [-0.05, 0) is 32.9 Å². The highest BCUT2D eigenvalue weighted by atomic mass is 19.1. The highest BCUT2D eigenvalue weighted by molar-refractivity contribution is 5.27.